The average molecular weight is 1780 g/mol. The van der Waals surface area contributed by atoms with Gasteiger partial charge in [-0.1, -0.05) is 413 Å². The van der Waals surface area contributed by atoms with Gasteiger partial charge in [0.2, 0.25) is 0 Å². The van der Waals surface area contributed by atoms with E-state index in [1.54, 1.807) is 0 Å². The largest absolute Gasteiger partial charge is 0.455 e. The monoisotopic (exact) mass is 1780 g/mol. The molecule has 0 fully saturated rings. The summed E-state index contributed by atoms with van der Waals surface area (Å²) >= 11 is 0. The Hall–Kier alpha value is -18.4. The van der Waals surface area contributed by atoms with Crippen molar-refractivity contribution in [2.45, 2.75) is 10.8 Å². The number of nitrogens with zero attached hydrogens (tertiary/aromatic N) is 4. The molecule has 26 aromatic rings. The second-order valence-electron chi connectivity index (χ2n) is 37.8. The quantitative estimate of drug-likeness (QED) is 0.115. The molecule has 6 nitrogen and oxygen atoms in total. The molecule has 6 heteroatoms. The Morgan fingerprint density at radius 1 is 0.186 bits per heavy atom. The van der Waals surface area contributed by atoms with Crippen molar-refractivity contribution >= 4 is 122 Å². The van der Waals surface area contributed by atoms with Crippen LogP contribution in [0, 0.1) is 0 Å². The van der Waals surface area contributed by atoms with Crippen molar-refractivity contribution in [1.29, 1.82) is 0 Å². The van der Waals surface area contributed by atoms with Crippen LogP contribution in [-0.4, -0.2) is 9.13 Å². The molecule has 4 aliphatic rings. The van der Waals surface area contributed by atoms with Gasteiger partial charge in [0.1, 0.15) is 22.3 Å². The number of aromatic nitrogens is 2. The van der Waals surface area contributed by atoms with Crippen LogP contribution in [-0.2, 0) is 10.8 Å². The molecule has 30 rings (SSSR count). The molecular formula is C134H82N4O2. The molecule has 4 aromatic heterocycles. The van der Waals surface area contributed by atoms with E-state index in [0.717, 1.165) is 145 Å². The third-order valence-electron chi connectivity index (χ3n) is 30.9. The molecule has 2 spiro atoms. The van der Waals surface area contributed by atoms with Gasteiger partial charge >= 0.3 is 0 Å². The first-order valence-electron chi connectivity index (χ1n) is 48.4. The van der Waals surface area contributed by atoms with Crippen molar-refractivity contribution in [3.8, 4) is 112 Å². The van der Waals surface area contributed by atoms with Crippen LogP contribution in [0.2, 0.25) is 0 Å². The second-order valence-corrected chi connectivity index (χ2v) is 37.8. The molecule has 0 radical (unpaired) electrons. The minimum atomic E-state index is -0.786. The summed E-state index contributed by atoms with van der Waals surface area (Å²) in [5.41, 5.74) is 45.6. The lowest BCUT2D eigenvalue weighted by Gasteiger charge is -2.39. The first kappa shape index (κ1) is 78.0. The van der Waals surface area contributed by atoms with Crippen LogP contribution < -0.4 is 9.80 Å². The highest BCUT2D eigenvalue weighted by Crippen LogP contribution is 2.67. The maximum absolute atomic E-state index is 7.37. The Bertz CT molecular complexity index is 9730. The topological polar surface area (TPSA) is 42.6 Å². The van der Waals surface area contributed by atoms with Crippen molar-refractivity contribution in [2.24, 2.45) is 0 Å². The zero-order valence-electron chi connectivity index (χ0n) is 75.9. The molecule has 650 valence electrons. The van der Waals surface area contributed by atoms with Crippen molar-refractivity contribution in [3.05, 3.63) is 542 Å². The lowest BCUT2D eigenvalue weighted by Crippen LogP contribution is -2.33. The number of furan rings is 2. The fraction of sp³-hybridized carbons (Fsp3) is 0.0149. The van der Waals surface area contributed by atoms with E-state index < -0.39 is 10.8 Å². The van der Waals surface area contributed by atoms with Crippen LogP contribution in [0.15, 0.2) is 506 Å². The molecule has 6 heterocycles. The predicted molar refractivity (Wildman–Crippen MR) is 579 cm³/mol. The molecule has 140 heavy (non-hydrogen) atoms. The van der Waals surface area contributed by atoms with Crippen LogP contribution in [0.25, 0.3) is 199 Å². The van der Waals surface area contributed by atoms with E-state index >= 15 is 0 Å². The molecule has 0 N–H and O–H groups in total. The van der Waals surface area contributed by atoms with Gasteiger partial charge in [-0.25, -0.2) is 0 Å². The maximum Gasteiger partial charge on any atom is 0.143 e. The minimum absolute atomic E-state index is 0.676. The zero-order chi connectivity index (χ0) is 91.6. The van der Waals surface area contributed by atoms with E-state index in [1.165, 1.54) is 133 Å². The molecule has 22 aromatic carbocycles. The fourth-order valence-corrected chi connectivity index (χ4v) is 25.3. The summed E-state index contributed by atoms with van der Waals surface area (Å²) < 4.78 is 19.5. The third kappa shape index (κ3) is 10.9. The summed E-state index contributed by atoms with van der Waals surface area (Å²) in [7, 11) is 0. The van der Waals surface area contributed by atoms with Crippen LogP contribution >= 0.6 is 0 Å². The van der Waals surface area contributed by atoms with E-state index in [9.17, 15) is 0 Å². The molecule has 0 bridgehead atoms. The van der Waals surface area contributed by atoms with E-state index in [-0.39, 0.29) is 0 Å². The van der Waals surface area contributed by atoms with Gasteiger partial charge in [0.05, 0.1) is 72.7 Å². The normalized spacial score (nSPS) is 14.5. The van der Waals surface area contributed by atoms with E-state index in [0.29, 0.717) is 0 Å². The summed E-state index contributed by atoms with van der Waals surface area (Å²) in [5, 5.41) is 9.16. The fourth-order valence-electron chi connectivity index (χ4n) is 25.3. The highest BCUT2D eigenvalue weighted by atomic mass is 16.3. The summed E-state index contributed by atoms with van der Waals surface area (Å²) in [6, 6.07) is 185. The van der Waals surface area contributed by atoms with Crippen molar-refractivity contribution < 1.29 is 8.83 Å². The van der Waals surface area contributed by atoms with Crippen molar-refractivity contribution in [1.82, 2.24) is 9.13 Å². The van der Waals surface area contributed by atoms with Gasteiger partial charge in [0.25, 0.3) is 0 Å². The Balaban J connectivity index is 0.576. The zero-order valence-corrected chi connectivity index (χ0v) is 75.9. The third-order valence-corrected chi connectivity index (χ3v) is 30.9. The lowest BCUT2D eigenvalue weighted by atomic mass is 9.65. The number of para-hydroxylation sites is 11. The number of anilines is 6. The first-order valence-corrected chi connectivity index (χ1v) is 48.4. The van der Waals surface area contributed by atoms with E-state index in [1.807, 2.05) is 0 Å². The van der Waals surface area contributed by atoms with E-state index in [2.05, 4.69) is 516 Å². The summed E-state index contributed by atoms with van der Waals surface area (Å²) in [5.74, 6) is 0. The van der Waals surface area contributed by atoms with Gasteiger partial charge in [-0.05, 0) is 191 Å². The minimum Gasteiger partial charge on any atom is -0.455 e. The van der Waals surface area contributed by atoms with Gasteiger partial charge in [-0.2, -0.15) is 0 Å². The van der Waals surface area contributed by atoms with Crippen LogP contribution in [0.4, 0.5) is 34.1 Å². The van der Waals surface area contributed by atoms with Crippen LogP contribution in [0.3, 0.4) is 0 Å². The molecular weight excluding hydrogens is 1700 g/mol. The van der Waals surface area contributed by atoms with Crippen LogP contribution in [0.5, 0.6) is 0 Å². The second kappa shape index (κ2) is 30.1. The Kier molecular flexibility index (Phi) is 16.8. The molecule has 2 unspecified atom stereocenters. The smallest absolute Gasteiger partial charge is 0.143 e. The predicted octanol–water partition coefficient (Wildman–Crippen LogP) is 35.6. The van der Waals surface area contributed by atoms with Crippen molar-refractivity contribution in [2.75, 3.05) is 9.80 Å². The van der Waals surface area contributed by atoms with Gasteiger partial charge in [0, 0.05) is 87.7 Å². The first-order chi connectivity index (χ1) is 69.5. The van der Waals surface area contributed by atoms with Gasteiger partial charge < -0.3 is 27.8 Å². The Labute approximate surface area is 808 Å². The lowest BCUT2D eigenvalue weighted by molar-refractivity contribution is 0.669. The van der Waals surface area contributed by atoms with Gasteiger partial charge in [-0.15, -0.1) is 0 Å². The van der Waals surface area contributed by atoms with Crippen LogP contribution in [0.1, 0.15) is 44.5 Å². The number of hydrogen-bond donors (Lipinski definition) is 0. The Morgan fingerprint density at radius 2 is 0.550 bits per heavy atom. The summed E-state index contributed by atoms with van der Waals surface area (Å²) in [4.78, 5) is 5.11. The number of fused-ring (bicyclic) bond motifs is 30. The molecule has 2 aliphatic carbocycles. The standard InChI is InChI=1S/C134H82N4O2/c1-3-33-83(34-4-1)85-71-75-87(76-72-85)92-39-9-18-61-115(92)135(122-68-31-57-111-127(122)103-44-7-14-53-107(103)133(111)109-55-16-22-65-119(109)137-118-64-21-11-41-96(118)99-48-28-59-113(133)129(99)137)91-38-25-37-89(81-91)95-47-26-51-102-106-82-90(79-80-125(106)140-131(95)102)94-46-30-67-121-126(94)105-52-29-60-114-130(105)138(121)120-66-23-17-56-110(120)134(114)108-54-15-8-45-104(108)128-112(134)58-32-69-123(128)136(116-62-19-10-40-93(116)88-77-73-86(74-78-88)84-35-5-2-6-36-84)117-63-20-12-42-97(117)100-49-27-50-101-98-43-13-24-70-124(98)139-132(100)101/h1-82H. The average Bonchev–Trinajstić information content (AvgIpc) is 1.49. The van der Waals surface area contributed by atoms with Crippen molar-refractivity contribution in [3.63, 3.8) is 0 Å². The summed E-state index contributed by atoms with van der Waals surface area (Å²) in [6.45, 7) is 0. The molecule has 0 amide bonds. The van der Waals surface area contributed by atoms with Gasteiger partial charge in [0.15, 0.2) is 0 Å². The highest BCUT2D eigenvalue weighted by Gasteiger charge is 2.54. The maximum atomic E-state index is 7.37. The van der Waals surface area contributed by atoms with Gasteiger partial charge in [-0.3, -0.25) is 0 Å². The molecule has 0 saturated carbocycles. The molecule has 2 aliphatic heterocycles. The summed E-state index contributed by atoms with van der Waals surface area (Å²) in [6.07, 6.45) is 0. The highest BCUT2D eigenvalue weighted by molar-refractivity contribution is 6.21. The molecule has 0 saturated heterocycles. The van der Waals surface area contributed by atoms with E-state index in [4.69, 9.17) is 8.83 Å². The Morgan fingerprint density at radius 3 is 1.19 bits per heavy atom. The SMILES string of the molecule is c1ccc(-c2ccc(-c3ccccc3N(c3cccc(-c4cccc5c4oc4ccc(-c6cccc7c6c6cccc8c6n7-c6ccccc6C86c7ccccc7-c7c(N(c8ccccc8-c8ccc(-c9ccccc9)cc8)c8ccccc8-c8cccc9c8oc8ccccc89)cccc76)cc45)c3)c3cccc4c3-c3ccccc3C43c4ccccc4-n4c5ccccc5c5cccc3c54)cc2)cc1. The number of hydrogen-bond acceptors (Lipinski definition) is 4. The molecule has 2 atom stereocenters. The number of benzene rings is 22. The number of rotatable bonds is 13.